The summed E-state index contributed by atoms with van der Waals surface area (Å²) in [7, 11) is 0. The first kappa shape index (κ1) is 11.9. The summed E-state index contributed by atoms with van der Waals surface area (Å²) < 4.78 is 26.8. The molecule has 0 spiro atoms. The van der Waals surface area contributed by atoms with E-state index in [4.69, 9.17) is 5.26 Å². The van der Waals surface area contributed by atoms with Crippen molar-refractivity contribution in [3.63, 3.8) is 0 Å². The van der Waals surface area contributed by atoms with Crippen molar-refractivity contribution in [2.45, 2.75) is 18.8 Å². The SMILES string of the molecule is N#CCC1c2cc(F)ccc2Cc2ccc(F)cc21. The predicted molar refractivity (Wildman–Crippen MR) is 67.7 cm³/mol. The van der Waals surface area contributed by atoms with Crippen molar-refractivity contribution in [1.29, 1.82) is 5.26 Å². The van der Waals surface area contributed by atoms with Crippen LogP contribution < -0.4 is 0 Å². The van der Waals surface area contributed by atoms with Gasteiger partial charge in [-0.05, 0) is 52.9 Å². The number of hydrogen-bond donors (Lipinski definition) is 0. The Balaban J connectivity index is 2.19. The van der Waals surface area contributed by atoms with E-state index in [0.29, 0.717) is 6.42 Å². The minimum Gasteiger partial charge on any atom is -0.207 e. The maximum Gasteiger partial charge on any atom is 0.123 e. The van der Waals surface area contributed by atoms with Crippen molar-refractivity contribution in [3.8, 4) is 6.07 Å². The molecule has 1 nitrogen and oxygen atoms in total. The summed E-state index contributed by atoms with van der Waals surface area (Å²) in [6.07, 6.45) is 0.889. The van der Waals surface area contributed by atoms with Gasteiger partial charge in [-0.15, -0.1) is 0 Å². The fraction of sp³-hybridized carbons (Fsp3) is 0.188. The molecule has 0 saturated heterocycles. The Bertz CT molecular complexity index is 634. The lowest BCUT2D eigenvalue weighted by Gasteiger charge is -2.27. The second kappa shape index (κ2) is 4.47. The zero-order chi connectivity index (χ0) is 13.4. The Morgan fingerprint density at radius 1 is 1.00 bits per heavy atom. The molecule has 0 heterocycles. The molecule has 0 bridgehead atoms. The maximum absolute atomic E-state index is 13.4. The molecule has 0 amide bonds. The highest BCUT2D eigenvalue weighted by Crippen LogP contribution is 2.39. The molecule has 0 fully saturated rings. The molecule has 3 rings (SSSR count). The summed E-state index contributed by atoms with van der Waals surface area (Å²) >= 11 is 0. The van der Waals surface area contributed by atoms with Crippen LogP contribution in [0, 0.1) is 23.0 Å². The molecule has 0 aromatic heterocycles. The van der Waals surface area contributed by atoms with E-state index < -0.39 is 0 Å². The Morgan fingerprint density at radius 2 is 1.53 bits per heavy atom. The first-order valence-corrected chi connectivity index (χ1v) is 6.12. The van der Waals surface area contributed by atoms with Gasteiger partial charge in [0.05, 0.1) is 6.07 Å². The van der Waals surface area contributed by atoms with Gasteiger partial charge in [-0.1, -0.05) is 12.1 Å². The van der Waals surface area contributed by atoms with Crippen molar-refractivity contribution in [1.82, 2.24) is 0 Å². The third kappa shape index (κ3) is 2.00. The summed E-state index contributed by atoms with van der Waals surface area (Å²) in [6, 6.07) is 11.4. The second-order valence-corrected chi connectivity index (χ2v) is 4.78. The van der Waals surface area contributed by atoms with E-state index in [9.17, 15) is 8.78 Å². The van der Waals surface area contributed by atoms with Crippen molar-refractivity contribution in [2.24, 2.45) is 0 Å². The van der Waals surface area contributed by atoms with Crippen LogP contribution in [0.5, 0.6) is 0 Å². The molecule has 0 saturated carbocycles. The number of benzene rings is 2. The number of nitriles is 1. The van der Waals surface area contributed by atoms with Crippen molar-refractivity contribution in [2.75, 3.05) is 0 Å². The standard InChI is InChI=1S/C16H11F2N/c17-12-3-1-10-7-11-2-4-13(18)9-16(11)14(5-6-19)15(10)8-12/h1-4,8-9,14H,5,7H2. The summed E-state index contributed by atoms with van der Waals surface area (Å²) in [5, 5.41) is 8.97. The molecule has 19 heavy (non-hydrogen) atoms. The van der Waals surface area contributed by atoms with Crippen molar-refractivity contribution in [3.05, 3.63) is 70.3 Å². The molecule has 1 aliphatic rings. The highest BCUT2D eigenvalue weighted by Gasteiger charge is 2.26. The van der Waals surface area contributed by atoms with Gasteiger partial charge < -0.3 is 0 Å². The second-order valence-electron chi connectivity index (χ2n) is 4.78. The summed E-state index contributed by atoms with van der Waals surface area (Å²) in [6.45, 7) is 0. The van der Waals surface area contributed by atoms with Crippen LogP contribution in [-0.4, -0.2) is 0 Å². The van der Waals surface area contributed by atoms with Gasteiger partial charge >= 0.3 is 0 Å². The van der Waals surface area contributed by atoms with Gasteiger partial charge in [-0.25, -0.2) is 8.78 Å². The van der Waals surface area contributed by atoms with Gasteiger partial charge in [0.15, 0.2) is 0 Å². The van der Waals surface area contributed by atoms with E-state index in [2.05, 4.69) is 6.07 Å². The Morgan fingerprint density at radius 3 is 2.00 bits per heavy atom. The van der Waals surface area contributed by atoms with Gasteiger partial charge in [0, 0.05) is 12.3 Å². The number of hydrogen-bond acceptors (Lipinski definition) is 1. The normalized spacial score (nSPS) is 13.5. The minimum absolute atomic E-state index is 0.229. The van der Waals surface area contributed by atoms with Crippen LogP contribution in [0.25, 0.3) is 0 Å². The van der Waals surface area contributed by atoms with Crippen LogP contribution in [0.4, 0.5) is 8.78 Å². The third-order valence-electron chi connectivity index (χ3n) is 3.64. The number of nitrogens with zero attached hydrogens (tertiary/aromatic N) is 1. The topological polar surface area (TPSA) is 23.8 Å². The summed E-state index contributed by atoms with van der Waals surface area (Å²) in [4.78, 5) is 0. The Kier molecular flexibility index (Phi) is 2.79. The van der Waals surface area contributed by atoms with Crippen LogP contribution in [0.2, 0.25) is 0 Å². The zero-order valence-electron chi connectivity index (χ0n) is 10.2. The average molecular weight is 255 g/mol. The molecule has 0 radical (unpaired) electrons. The smallest absolute Gasteiger partial charge is 0.123 e. The first-order valence-electron chi connectivity index (χ1n) is 6.12. The molecular weight excluding hydrogens is 244 g/mol. The molecule has 0 N–H and O–H groups in total. The van der Waals surface area contributed by atoms with Crippen molar-refractivity contribution >= 4 is 0 Å². The largest absolute Gasteiger partial charge is 0.207 e. The number of rotatable bonds is 1. The summed E-state index contributed by atoms with van der Waals surface area (Å²) in [5.74, 6) is -0.877. The molecule has 2 aromatic rings. The van der Waals surface area contributed by atoms with Crippen LogP contribution in [0.1, 0.15) is 34.6 Å². The van der Waals surface area contributed by atoms with Gasteiger partial charge in [0.25, 0.3) is 0 Å². The van der Waals surface area contributed by atoms with Gasteiger partial charge in [0.2, 0.25) is 0 Å². The fourth-order valence-corrected chi connectivity index (χ4v) is 2.79. The van der Waals surface area contributed by atoms with Crippen LogP contribution in [-0.2, 0) is 6.42 Å². The molecule has 1 aliphatic carbocycles. The molecule has 0 aliphatic heterocycles. The molecule has 2 aromatic carbocycles. The van der Waals surface area contributed by atoms with Gasteiger partial charge in [-0.3, -0.25) is 0 Å². The zero-order valence-corrected chi connectivity index (χ0v) is 10.2. The minimum atomic E-state index is -0.318. The first-order chi connectivity index (χ1) is 9.19. The summed E-state index contributed by atoms with van der Waals surface area (Å²) in [5.41, 5.74) is 3.64. The maximum atomic E-state index is 13.4. The van der Waals surface area contributed by atoms with Gasteiger partial charge in [0.1, 0.15) is 11.6 Å². The Hall–Kier alpha value is -2.21. The van der Waals surface area contributed by atoms with E-state index >= 15 is 0 Å². The molecule has 3 heteroatoms. The highest BCUT2D eigenvalue weighted by atomic mass is 19.1. The highest BCUT2D eigenvalue weighted by molar-refractivity contribution is 5.49. The van der Waals surface area contributed by atoms with E-state index in [1.54, 1.807) is 12.1 Å². The van der Waals surface area contributed by atoms with E-state index in [1.165, 1.54) is 24.3 Å². The predicted octanol–water partition coefficient (Wildman–Crippen LogP) is 3.91. The molecule has 0 unspecified atom stereocenters. The molecule has 94 valence electrons. The third-order valence-corrected chi connectivity index (χ3v) is 3.64. The molecular formula is C16H11F2N. The van der Waals surface area contributed by atoms with Gasteiger partial charge in [-0.2, -0.15) is 5.26 Å². The molecule has 0 atom stereocenters. The van der Waals surface area contributed by atoms with Crippen LogP contribution >= 0.6 is 0 Å². The van der Waals surface area contributed by atoms with E-state index in [1.807, 2.05) is 0 Å². The van der Waals surface area contributed by atoms with E-state index in [0.717, 1.165) is 22.3 Å². The number of fused-ring (bicyclic) bond motifs is 2. The fourth-order valence-electron chi connectivity index (χ4n) is 2.79. The lowest BCUT2D eigenvalue weighted by molar-refractivity contribution is 0.613. The van der Waals surface area contributed by atoms with Crippen molar-refractivity contribution < 1.29 is 8.78 Å². The number of halogens is 2. The van der Waals surface area contributed by atoms with Crippen LogP contribution in [0.15, 0.2) is 36.4 Å². The lowest BCUT2D eigenvalue weighted by Crippen LogP contribution is -2.14. The lowest BCUT2D eigenvalue weighted by atomic mass is 9.77. The monoisotopic (exact) mass is 255 g/mol. The average Bonchev–Trinajstić information content (AvgIpc) is 2.40. The quantitative estimate of drug-likeness (QED) is 0.757. The van der Waals surface area contributed by atoms with E-state index in [-0.39, 0.29) is 24.0 Å². The van der Waals surface area contributed by atoms with Crippen LogP contribution in [0.3, 0.4) is 0 Å². The Labute approximate surface area is 110 Å².